The topological polar surface area (TPSA) is 78.6 Å². The molecule has 112 valence electrons. The second-order valence-corrected chi connectivity index (χ2v) is 5.63. The molecule has 0 aromatic heterocycles. The summed E-state index contributed by atoms with van der Waals surface area (Å²) in [5, 5.41) is 0. The van der Waals surface area contributed by atoms with Crippen LogP contribution >= 0.6 is 0 Å². The number of hydrogen-bond donors (Lipinski definition) is 1. The van der Waals surface area contributed by atoms with E-state index in [4.69, 9.17) is 15.2 Å². The Hall–Kier alpha value is -1.36. The second-order valence-electron chi connectivity index (χ2n) is 5.63. The fourth-order valence-corrected chi connectivity index (χ4v) is 3.18. The van der Waals surface area contributed by atoms with Crippen LogP contribution in [0.15, 0.2) is 11.1 Å². The third-order valence-electron chi connectivity index (χ3n) is 4.15. The molecule has 2 N–H and O–H groups in total. The van der Waals surface area contributed by atoms with Crippen LogP contribution in [-0.4, -0.2) is 30.7 Å². The molecule has 0 aromatic rings. The van der Waals surface area contributed by atoms with Gasteiger partial charge in [0.2, 0.25) is 0 Å². The summed E-state index contributed by atoms with van der Waals surface area (Å²) >= 11 is 0. The van der Waals surface area contributed by atoms with Crippen molar-refractivity contribution in [2.45, 2.75) is 51.5 Å². The van der Waals surface area contributed by atoms with E-state index in [0.717, 1.165) is 18.4 Å². The summed E-state index contributed by atoms with van der Waals surface area (Å²) in [7, 11) is 0. The highest BCUT2D eigenvalue weighted by Gasteiger charge is 2.45. The van der Waals surface area contributed by atoms with Gasteiger partial charge in [-0.2, -0.15) is 0 Å². The fourth-order valence-electron chi connectivity index (χ4n) is 3.18. The molecule has 0 saturated heterocycles. The van der Waals surface area contributed by atoms with Crippen LogP contribution in [0.2, 0.25) is 0 Å². The third-order valence-corrected chi connectivity index (χ3v) is 4.15. The molecule has 0 spiro atoms. The molecule has 5 heteroatoms. The smallest absolute Gasteiger partial charge is 0.326 e. The number of carbonyl (C=O) groups excluding carboxylic acids is 2. The van der Waals surface area contributed by atoms with Gasteiger partial charge in [-0.15, -0.1) is 0 Å². The van der Waals surface area contributed by atoms with E-state index in [0.29, 0.717) is 32.5 Å². The molecule has 0 bridgehead atoms. The Morgan fingerprint density at radius 2 is 1.85 bits per heavy atom. The molecule has 2 aliphatic rings. The van der Waals surface area contributed by atoms with Crippen LogP contribution < -0.4 is 5.73 Å². The van der Waals surface area contributed by atoms with Crippen LogP contribution in [0.5, 0.6) is 0 Å². The second kappa shape index (κ2) is 5.95. The van der Waals surface area contributed by atoms with Gasteiger partial charge in [0.25, 0.3) is 0 Å². The first kappa shape index (κ1) is 15.0. The van der Waals surface area contributed by atoms with Gasteiger partial charge in [0.1, 0.15) is 5.54 Å². The highest BCUT2D eigenvalue weighted by molar-refractivity contribution is 5.83. The zero-order valence-corrected chi connectivity index (χ0v) is 12.2. The molecule has 0 heterocycles. The lowest BCUT2D eigenvalue weighted by atomic mass is 9.85. The average Bonchev–Trinajstić information content (AvgIpc) is 2.76. The predicted molar refractivity (Wildman–Crippen MR) is 73.8 cm³/mol. The molecule has 0 aliphatic heterocycles. The Balaban J connectivity index is 2.01. The molecule has 0 saturated carbocycles. The normalized spacial score (nSPS) is 29.1. The van der Waals surface area contributed by atoms with Crippen molar-refractivity contribution in [3.63, 3.8) is 0 Å². The van der Waals surface area contributed by atoms with Crippen LogP contribution in [0.3, 0.4) is 0 Å². The first-order valence-corrected chi connectivity index (χ1v) is 7.32. The quantitative estimate of drug-likeness (QED) is 0.627. The molecule has 2 atom stereocenters. The van der Waals surface area contributed by atoms with Crippen molar-refractivity contribution in [2.75, 3.05) is 13.2 Å². The summed E-state index contributed by atoms with van der Waals surface area (Å²) in [4.78, 5) is 23.8. The first-order valence-electron chi connectivity index (χ1n) is 7.32. The number of carbonyl (C=O) groups is 2. The Morgan fingerprint density at radius 1 is 1.20 bits per heavy atom. The minimum Gasteiger partial charge on any atom is -0.466 e. The first-order chi connectivity index (χ1) is 9.50. The van der Waals surface area contributed by atoms with Crippen molar-refractivity contribution < 1.29 is 19.1 Å². The summed E-state index contributed by atoms with van der Waals surface area (Å²) in [6.07, 6.45) is 3.37. The predicted octanol–water partition coefficient (Wildman–Crippen LogP) is 1.70. The van der Waals surface area contributed by atoms with Gasteiger partial charge in [-0.25, -0.2) is 0 Å². The summed E-state index contributed by atoms with van der Waals surface area (Å²) in [6.45, 7) is 4.34. The van der Waals surface area contributed by atoms with E-state index in [2.05, 4.69) is 0 Å². The number of esters is 2. The van der Waals surface area contributed by atoms with E-state index in [-0.39, 0.29) is 17.9 Å². The van der Waals surface area contributed by atoms with Crippen LogP contribution in [0, 0.1) is 5.92 Å². The van der Waals surface area contributed by atoms with Crippen molar-refractivity contribution in [3.05, 3.63) is 11.1 Å². The SMILES string of the molecule is CCOC(=O)C1CCC2=C(C1)CC(N)(C(=O)OCC)C2. The number of ether oxygens (including phenoxy) is 2. The standard InChI is InChI=1S/C15H23NO4/c1-3-19-13(17)10-5-6-11-8-15(16,9-12(11)7-10)14(18)20-4-2/h10H,3-9,16H2,1-2H3. The zero-order chi connectivity index (χ0) is 14.8. The van der Waals surface area contributed by atoms with Gasteiger partial charge in [0.05, 0.1) is 19.1 Å². The third kappa shape index (κ3) is 2.87. The molecular formula is C15H23NO4. The Bertz CT molecular complexity index is 443. The van der Waals surface area contributed by atoms with Gasteiger partial charge < -0.3 is 15.2 Å². The zero-order valence-electron chi connectivity index (χ0n) is 12.2. The number of hydrogen-bond acceptors (Lipinski definition) is 5. The molecule has 5 nitrogen and oxygen atoms in total. The van der Waals surface area contributed by atoms with Gasteiger partial charge in [-0.3, -0.25) is 9.59 Å². The lowest BCUT2D eigenvalue weighted by Gasteiger charge is -2.22. The lowest BCUT2D eigenvalue weighted by Crippen LogP contribution is -2.47. The molecule has 0 amide bonds. The Morgan fingerprint density at radius 3 is 2.50 bits per heavy atom. The molecule has 2 aliphatic carbocycles. The maximum Gasteiger partial charge on any atom is 0.326 e. The van der Waals surface area contributed by atoms with Crippen molar-refractivity contribution in [2.24, 2.45) is 11.7 Å². The van der Waals surface area contributed by atoms with Crippen molar-refractivity contribution in [3.8, 4) is 0 Å². The van der Waals surface area contributed by atoms with E-state index >= 15 is 0 Å². The Kier molecular flexibility index (Phi) is 4.48. The molecule has 2 unspecified atom stereocenters. The van der Waals surface area contributed by atoms with Gasteiger partial charge >= 0.3 is 11.9 Å². The monoisotopic (exact) mass is 281 g/mol. The molecule has 0 fully saturated rings. The summed E-state index contributed by atoms with van der Waals surface area (Å²) in [5.41, 5.74) is 7.66. The van der Waals surface area contributed by atoms with Crippen molar-refractivity contribution in [1.29, 1.82) is 0 Å². The minimum absolute atomic E-state index is 0.0850. The van der Waals surface area contributed by atoms with E-state index in [1.54, 1.807) is 6.92 Å². The van der Waals surface area contributed by atoms with Crippen LogP contribution in [0.4, 0.5) is 0 Å². The summed E-state index contributed by atoms with van der Waals surface area (Å²) in [5.74, 6) is -0.551. The highest BCUT2D eigenvalue weighted by atomic mass is 16.5. The van der Waals surface area contributed by atoms with Gasteiger partial charge in [0.15, 0.2) is 0 Å². The van der Waals surface area contributed by atoms with E-state index in [1.807, 2.05) is 6.92 Å². The van der Waals surface area contributed by atoms with Crippen molar-refractivity contribution in [1.82, 2.24) is 0 Å². The van der Waals surface area contributed by atoms with Crippen molar-refractivity contribution >= 4 is 11.9 Å². The number of nitrogens with two attached hydrogens (primary N) is 1. The van der Waals surface area contributed by atoms with E-state index < -0.39 is 5.54 Å². The maximum absolute atomic E-state index is 12.0. The molecule has 0 aromatic carbocycles. The fraction of sp³-hybridized carbons (Fsp3) is 0.733. The molecule has 20 heavy (non-hydrogen) atoms. The average molecular weight is 281 g/mol. The number of rotatable bonds is 4. The summed E-state index contributed by atoms with van der Waals surface area (Å²) in [6, 6.07) is 0. The Labute approximate surface area is 119 Å². The largest absolute Gasteiger partial charge is 0.466 e. The van der Waals surface area contributed by atoms with Gasteiger partial charge in [-0.05, 0) is 46.0 Å². The highest BCUT2D eigenvalue weighted by Crippen LogP contribution is 2.44. The maximum atomic E-state index is 12.0. The summed E-state index contributed by atoms with van der Waals surface area (Å²) < 4.78 is 10.1. The van der Waals surface area contributed by atoms with E-state index in [1.165, 1.54) is 5.57 Å². The van der Waals surface area contributed by atoms with Crippen LogP contribution in [0.25, 0.3) is 0 Å². The molecule has 0 radical (unpaired) electrons. The van der Waals surface area contributed by atoms with Crippen LogP contribution in [-0.2, 0) is 19.1 Å². The van der Waals surface area contributed by atoms with Crippen LogP contribution in [0.1, 0.15) is 46.0 Å². The van der Waals surface area contributed by atoms with E-state index in [9.17, 15) is 9.59 Å². The van der Waals surface area contributed by atoms with Gasteiger partial charge in [-0.1, -0.05) is 11.1 Å². The molecular weight excluding hydrogens is 258 g/mol. The van der Waals surface area contributed by atoms with Gasteiger partial charge in [0, 0.05) is 0 Å². The minimum atomic E-state index is -0.926. The lowest BCUT2D eigenvalue weighted by molar-refractivity contribution is -0.149. The molecule has 2 rings (SSSR count).